The minimum Gasteiger partial charge on any atom is -0.374 e. The zero-order valence-electron chi connectivity index (χ0n) is 15.2. The minimum atomic E-state index is -1.51. The first kappa shape index (κ1) is 17.5. The van der Waals surface area contributed by atoms with Gasteiger partial charge in [0.1, 0.15) is 13.5 Å². The summed E-state index contributed by atoms with van der Waals surface area (Å²) in [4.78, 5) is 13.0. The number of rotatable bonds is 1. The van der Waals surface area contributed by atoms with E-state index in [0.29, 0.717) is 12.2 Å². The van der Waals surface area contributed by atoms with Crippen LogP contribution in [0.5, 0.6) is 0 Å². The molecule has 2 aliphatic rings. The number of hydrogen-bond acceptors (Lipinski definition) is 2. The number of allylic oxidation sites excluding steroid dienone is 1. The molecule has 22 heavy (non-hydrogen) atoms. The average molecular weight is 319 g/mol. The Balaban J connectivity index is 2.52. The number of carbonyl (C=O) groups is 1. The Kier molecular flexibility index (Phi) is 4.26. The largest absolute Gasteiger partial charge is 0.374 e. The van der Waals surface area contributed by atoms with Crippen LogP contribution < -0.4 is 0 Å². The monoisotopic (exact) mass is 318 g/mol. The van der Waals surface area contributed by atoms with Crippen LogP contribution in [0.4, 0.5) is 0 Å². The van der Waals surface area contributed by atoms with Crippen molar-refractivity contribution in [3.8, 4) is 11.5 Å². The highest BCUT2D eigenvalue weighted by molar-refractivity contribution is 6.83. The molecule has 2 nitrogen and oxygen atoms in total. The lowest BCUT2D eigenvalue weighted by Crippen LogP contribution is -2.50. The van der Waals surface area contributed by atoms with E-state index in [1.165, 1.54) is 0 Å². The van der Waals surface area contributed by atoms with Crippen molar-refractivity contribution >= 4 is 13.9 Å². The first-order valence-electron chi connectivity index (χ1n) is 8.25. The molecule has 0 bridgehead atoms. The standard InChI is InChI=1S/C19H30O2Si/c1-17(2)12-15-13-18(3,21-4)8-9-19(15,16(20)14-17)10-11-22(5,6)7/h8-9,15H,12-14H2,1-7H3/t15-,18-,19-/m1/s1. The predicted molar refractivity (Wildman–Crippen MR) is 94.2 cm³/mol. The summed E-state index contributed by atoms with van der Waals surface area (Å²) in [6.07, 6.45) is 6.66. The molecule has 3 atom stereocenters. The summed E-state index contributed by atoms with van der Waals surface area (Å²) in [5.74, 6) is 4.00. The van der Waals surface area contributed by atoms with Crippen LogP contribution in [0.3, 0.4) is 0 Å². The molecule has 2 aliphatic carbocycles. The first-order chi connectivity index (χ1) is 9.91. The molecule has 0 aromatic carbocycles. The van der Waals surface area contributed by atoms with Crippen LogP contribution in [0.15, 0.2) is 12.2 Å². The Hall–Kier alpha value is -0.853. The molecular formula is C19H30O2Si. The lowest BCUT2D eigenvalue weighted by molar-refractivity contribution is -0.135. The van der Waals surface area contributed by atoms with Gasteiger partial charge in [-0.1, -0.05) is 51.6 Å². The van der Waals surface area contributed by atoms with Crippen LogP contribution in [0.25, 0.3) is 0 Å². The molecule has 0 aliphatic heterocycles. The maximum absolute atomic E-state index is 13.0. The number of ether oxygens (including phenoxy) is 1. The molecular weight excluding hydrogens is 288 g/mol. The van der Waals surface area contributed by atoms with Gasteiger partial charge in [0.2, 0.25) is 0 Å². The van der Waals surface area contributed by atoms with E-state index >= 15 is 0 Å². The summed E-state index contributed by atoms with van der Waals surface area (Å²) in [5.41, 5.74) is 2.67. The number of hydrogen-bond donors (Lipinski definition) is 0. The van der Waals surface area contributed by atoms with E-state index in [1.807, 2.05) is 0 Å². The lowest BCUT2D eigenvalue weighted by atomic mass is 9.54. The maximum atomic E-state index is 13.0. The van der Waals surface area contributed by atoms with Crippen molar-refractivity contribution in [3.05, 3.63) is 12.2 Å². The van der Waals surface area contributed by atoms with Crippen molar-refractivity contribution in [1.82, 2.24) is 0 Å². The number of methoxy groups -OCH3 is 1. The Morgan fingerprint density at radius 2 is 1.82 bits per heavy atom. The topological polar surface area (TPSA) is 26.3 Å². The Bertz CT molecular complexity index is 558. The molecule has 0 unspecified atom stereocenters. The summed E-state index contributed by atoms with van der Waals surface area (Å²) < 4.78 is 5.68. The minimum absolute atomic E-state index is 0.0614. The third kappa shape index (κ3) is 3.39. The molecule has 0 heterocycles. The molecule has 2 rings (SSSR count). The molecule has 0 spiro atoms. The number of ketones is 1. The zero-order valence-corrected chi connectivity index (χ0v) is 16.2. The quantitative estimate of drug-likeness (QED) is 0.411. The smallest absolute Gasteiger partial charge is 0.155 e. The van der Waals surface area contributed by atoms with Crippen molar-refractivity contribution in [2.24, 2.45) is 16.7 Å². The van der Waals surface area contributed by atoms with Gasteiger partial charge in [0.05, 0.1) is 5.60 Å². The molecule has 122 valence electrons. The van der Waals surface area contributed by atoms with E-state index in [9.17, 15) is 4.79 Å². The zero-order chi connectivity index (χ0) is 16.8. The van der Waals surface area contributed by atoms with E-state index in [-0.39, 0.29) is 16.9 Å². The third-order valence-electron chi connectivity index (χ3n) is 5.00. The SMILES string of the molecule is CO[C@]1(C)C=C[C@]2(C#C[Si](C)(C)C)C(=O)CC(C)(C)C[C@@H]2C1. The number of Topliss-reactive ketones (excluding diaryl/α,β-unsaturated/α-hetero) is 1. The van der Waals surface area contributed by atoms with Crippen molar-refractivity contribution in [1.29, 1.82) is 0 Å². The van der Waals surface area contributed by atoms with E-state index in [4.69, 9.17) is 4.74 Å². The molecule has 3 heteroatoms. The Morgan fingerprint density at radius 1 is 1.18 bits per heavy atom. The van der Waals surface area contributed by atoms with Crippen LogP contribution in [-0.2, 0) is 9.53 Å². The Morgan fingerprint density at radius 3 is 2.36 bits per heavy atom. The number of fused-ring (bicyclic) bond motifs is 1. The highest BCUT2D eigenvalue weighted by Gasteiger charge is 2.53. The normalized spacial score (nSPS) is 37.2. The van der Waals surface area contributed by atoms with E-state index in [1.54, 1.807) is 7.11 Å². The van der Waals surface area contributed by atoms with Gasteiger partial charge >= 0.3 is 0 Å². The van der Waals surface area contributed by atoms with E-state index in [2.05, 4.69) is 64.0 Å². The van der Waals surface area contributed by atoms with Crippen LogP contribution in [0.1, 0.15) is 40.0 Å². The highest BCUT2D eigenvalue weighted by atomic mass is 28.3. The summed E-state index contributed by atoms with van der Waals surface area (Å²) in [6.45, 7) is 13.2. The fraction of sp³-hybridized carbons (Fsp3) is 0.737. The van der Waals surface area contributed by atoms with Gasteiger partial charge in [-0.3, -0.25) is 4.79 Å². The van der Waals surface area contributed by atoms with Crippen molar-refractivity contribution in [2.75, 3.05) is 7.11 Å². The second kappa shape index (κ2) is 5.35. The van der Waals surface area contributed by atoms with Gasteiger partial charge in [0.15, 0.2) is 5.78 Å². The fourth-order valence-electron chi connectivity index (χ4n) is 3.69. The van der Waals surface area contributed by atoms with Gasteiger partial charge in [-0.15, -0.1) is 5.54 Å². The Labute approximate surface area is 136 Å². The van der Waals surface area contributed by atoms with Crippen molar-refractivity contribution < 1.29 is 9.53 Å². The predicted octanol–water partition coefficient (Wildman–Crippen LogP) is 4.22. The molecule has 0 aromatic heterocycles. The van der Waals surface area contributed by atoms with E-state index in [0.717, 1.165) is 12.8 Å². The van der Waals surface area contributed by atoms with Gasteiger partial charge in [0.25, 0.3) is 0 Å². The van der Waals surface area contributed by atoms with Gasteiger partial charge < -0.3 is 4.74 Å². The number of carbonyl (C=O) groups excluding carboxylic acids is 1. The summed E-state index contributed by atoms with van der Waals surface area (Å²) in [7, 11) is 0.240. The van der Waals surface area contributed by atoms with Crippen LogP contribution in [0, 0.1) is 28.2 Å². The molecule has 0 radical (unpaired) electrons. The maximum Gasteiger partial charge on any atom is 0.155 e. The van der Waals surface area contributed by atoms with Crippen molar-refractivity contribution in [3.63, 3.8) is 0 Å². The van der Waals surface area contributed by atoms with Crippen molar-refractivity contribution in [2.45, 2.75) is 65.3 Å². The van der Waals surface area contributed by atoms with Gasteiger partial charge in [-0.25, -0.2) is 0 Å². The second-order valence-corrected chi connectivity index (χ2v) is 13.8. The summed E-state index contributed by atoms with van der Waals surface area (Å²) >= 11 is 0. The first-order valence-corrected chi connectivity index (χ1v) is 11.7. The summed E-state index contributed by atoms with van der Waals surface area (Å²) in [6, 6.07) is 0. The molecule has 0 aromatic rings. The summed E-state index contributed by atoms with van der Waals surface area (Å²) in [5, 5.41) is 0. The molecule has 1 fully saturated rings. The third-order valence-corrected chi connectivity index (χ3v) is 5.88. The van der Waals surface area contributed by atoms with Gasteiger partial charge in [-0.05, 0) is 31.1 Å². The molecule has 0 N–H and O–H groups in total. The van der Waals surface area contributed by atoms with Gasteiger partial charge in [0, 0.05) is 13.5 Å². The average Bonchev–Trinajstić information content (AvgIpc) is 2.35. The fourth-order valence-corrected chi connectivity index (χ4v) is 4.27. The molecule has 0 saturated heterocycles. The molecule has 1 saturated carbocycles. The van der Waals surface area contributed by atoms with Crippen LogP contribution in [0.2, 0.25) is 19.6 Å². The second-order valence-electron chi connectivity index (χ2n) is 9.09. The molecule has 0 amide bonds. The highest BCUT2D eigenvalue weighted by Crippen LogP contribution is 2.53. The van der Waals surface area contributed by atoms with Crippen LogP contribution >= 0.6 is 0 Å². The van der Waals surface area contributed by atoms with Gasteiger partial charge in [-0.2, -0.15) is 0 Å². The van der Waals surface area contributed by atoms with Crippen LogP contribution in [-0.4, -0.2) is 26.6 Å². The van der Waals surface area contributed by atoms with E-state index < -0.39 is 13.5 Å². The lowest BCUT2D eigenvalue weighted by Gasteiger charge is -2.49.